The van der Waals surface area contributed by atoms with Crippen LogP contribution >= 0.6 is 0 Å². The highest BCUT2D eigenvalue weighted by Gasteiger charge is 2.32. The molecule has 4 heteroatoms. The van der Waals surface area contributed by atoms with Gasteiger partial charge < -0.3 is 5.32 Å². The zero-order valence-electron chi connectivity index (χ0n) is 9.12. The van der Waals surface area contributed by atoms with Gasteiger partial charge in [0.05, 0.1) is 10.5 Å². The highest BCUT2D eigenvalue weighted by Crippen LogP contribution is 2.27. The fraction of sp³-hybridized carbons (Fsp3) is 1.00. The molecule has 0 bridgehead atoms. The largest absolute Gasteiger partial charge is 0.316 e. The van der Waals surface area contributed by atoms with Crippen molar-refractivity contribution in [2.45, 2.75) is 50.0 Å². The molecule has 1 atom stereocenters. The van der Waals surface area contributed by atoms with Gasteiger partial charge in [0.15, 0.2) is 9.84 Å². The van der Waals surface area contributed by atoms with Crippen LogP contribution in [0.4, 0.5) is 0 Å². The summed E-state index contributed by atoms with van der Waals surface area (Å²) in [4.78, 5) is 0. The van der Waals surface area contributed by atoms with Crippen molar-refractivity contribution < 1.29 is 8.42 Å². The lowest BCUT2D eigenvalue weighted by Crippen LogP contribution is -2.36. The predicted molar refractivity (Wildman–Crippen MR) is 59.2 cm³/mol. The Labute approximate surface area is 87.2 Å². The Morgan fingerprint density at radius 3 is 2.43 bits per heavy atom. The summed E-state index contributed by atoms with van der Waals surface area (Å²) in [7, 11) is -2.87. The molecule has 0 saturated heterocycles. The second-order valence-electron chi connectivity index (χ2n) is 4.11. The minimum atomic E-state index is -2.87. The molecule has 0 spiro atoms. The molecule has 1 aliphatic rings. The van der Waals surface area contributed by atoms with Crippen molar-refractivity contribution in [2.75, 3.05) is 13.1 Å². The van der Waals surface area contributed by atoms with Gasteiger partial charge in [0.2, 0.25) is 0 Å². The standard InChI is InChI=1S/C10H21NO2S/c1-3-11-8-9(2)14(12,13)10-6-4-5-7-10/h9-11H,3-8H2,1-2H3. The molecular weight excluding hydrogens is 198 g/mol. The Balaban J connectivity index is 2.54. The van der Waals surface area contributed by atoms with E-state index < -0.39 is 9.84 Å². The molecule has 0 aromatic carbocycles. The van der Waals surface area contributed by atoms with E-state index in [2.05, 4.69) is 5.32 Å². The average Bonchev–Trinajstić information content (AvgIpc) is 2.67. The molecule has 0 amide bonds. The van der Waals surface area contributed by atoms with E-state index in [4.69, 9.17) is 0 Å². The van der Waals surface area contributed by atoms with Crippen molar-refractivity contribution in [2.24, 2.45) is 0 Å². The quantitative estimate of drug-likeness (QED) is 0.759. The van der Waals surface area contributed by atoms with Gasteiger partial charge in [-0.25, -0.2) is 8.42 Å². The van der Waals surface area contributed by atoms with E-state index in [1.54, 1.807) is 0 Å². The molecule has 1 fully saturated rings. The van der Waals surface area contributed by atoms with Crippen molar-refractivity contribution in [3.63, 3.8) is 0 Å². The molecule has 0 aliphatic heterocycles. The molecule has 1 unspecified atom stereocenters. The summed E-state index contributed by atoms with van der Waals surface area (Å²) in [5.74, 6) is 0. The number of sulfone groups is 1. The molecule has 0 aromatic rings. The summed E-state index contributed by atoms with van der Waals surface area (Å²) in [6.45, 7) is 5.24. The van der Waals surface area contributed by atoms with E-state index in [1.165, 1.54) is 0 Å². The predicted octanol–water partition coefficient (Wildman–Crippen LogP) is 1.34. The number of hydrogen-bond acceptors (Lipinski definition) is 3. The molecule has 14 heavy (non-hydrogen) atoms. The lowest BCUT2D eigenvalue weighted by molar-refractivity contribution is 0.558. The Morgan fingerprint density at radius 2 is 1.93 bits per heavy atom. The van der Waals surface area contributed by atoms with Crippen LogP contribution < -0.4 is 5.32 Å². The topological polar surface area (TPSA) is 46.2 Å². The summed E-state index contributed by atoms with van der Waals surface area (Å²) in [5.41, 5.74) is 0. The zero-order valence-corrected chi connectivity index (χ0v) is 9.94. The normalized spacial score (nSPS) is 21.3. The van der Waals surface area contributed by atoms with E-state index in [9.17, 15) is 8.42 Å². The van der Waals surface area contributed by atoms with Crippen molar-refractivity contribution in [3.8, 4) is 0 Å². The number of nitrogens with one attached hydrogen (secondary N) is 1. The monoisotopic (exact) mass is 219 g/mol. The van der Waals surface area contributed by atoms with Gasteiger partial charge in [0, 0.05) is 6.54 Å². The molecule has 0 heterocycles. The maximum Gasteiger partial charge on any atom is 0.156 e. The highest BCUT2D eigenvalue weighted by atomic mass is 32.2. The van der Waals surface area contributed by atoms with E-state index in [0.717, 1.165) is 32.2 Å². The second-order valence-corrected chi connectivity index (χ2v) is 6.76. The fourth-order valence-corrected chi connectivity index (χ4v) is 4.01. The van der Waals surface area contributed by atoms with E-state index in [0.29, 0.717) is 6.54 Å². The van der Waals surface area contributed by atoms with Crippen molar-refractivity contribution >= 4 is 9.84 Å². The van der Waals surface area contributed by atoms with Crippen molar-refractivity contribution in [3.05, 3.63) is 0 Å². The summed E-state index contributed by atoms with van der Waals surface area (Å²) in [6.07, 6.45) is 3.91. The third-order valence-corrected chi connectivity index (χ3v) is 5.70. The average molecular weight is 219 g/mol. The van der Waals surface area contributed by atoms with Gasteiger partial charge in [-0.1, -0.05) is 19.8 Å². The molecule has 1 aliphatic carbocycles. The van der Waals surface area contributed by atoms with Gasteiger partial charge in [0.25, 0.3) is 0 Å². The Kier molecular flexibility index (Phi) is 4.38. The van der Waals surface area contributed by atoms with E-state index >= 15 is 0 Å². The van der Waals surface area contributed by atoms with Crippen LogP contribution in [0.2, 0.25) is 0 Å². The van der Waals surface area contributed by atoms with Crippen molar-refractivity contribution in [1.82, 2.24) is 5.32 Å². The van der Waals surface area contributed by atoms with Crippen LogP contribution in [0.1, 0.15) is 39.5 Å². The summed E-state index contributed by atoms with van der Waals surface area (Å²) < 4.78 is 24.0. The first-order valence-corrected chi connectivity index (χ1v) is 7.13. The highest BCUT2D eigenvalue weighted by molar-refractivity contribution is 7.92. The maximum absolute atomic E-state index is 12.0. The Morgan fingerprint density at radius 1 is 1.36 bits per heavy atom. The SMILES string of the molecule is CCNCC(C)S(=O)(=O)C1CCCC1. The maximum atomic E-state index is 12.0. The second kappa shape index (κ2) is 5.12. The minimum Gasteiger partial charge on any atom is -0.316 e. The lowest BCUT2D eigenvalue weighted by atomic mass is 10.4. The first-order valence-electron chi connectivity index (χ1n) is 5.52. The molecule has 0 radical (unpaired) electrons. The van der Waals surface area contributed by atoms with Gasteiger partial charge >= 0.3 is 0 Å². The van der Waals surface area contributed by atoms with Crippen LogP contribution in [0.5, 0.6) is 0 Å². The lowest BCUT2D eigenvalue weighted by Gasteiger charge is -2.17. The fourth-order valence-electron chi connectivity index (χ4n) is 2.01. The van der Waals surface area contributed by atoms with Gasteiger partial charge in [-0.05, 0) is 26.3 Å². The molecular formula is C10H21NO2S. The van der Waals surface area contributed by atoms with E-state index in [1.807, 2.05) is 13.8 Å². The van der Waals surface area contributed by atoms with Crippen LogP contribution in [-0.2, 0) is 9.84 Å². The van der Waals surface area contributed by atoms with Gasteiger partial charge in [-0.15, -0.1) is 0 Å². The molecule has 1 N–H and O–H groups in total. The van der Waals surface area contributed by atoms with Crippen LogP contribution in [-0.4, -0.2) is 32.0 Å². The number of hydrogen-bond donors (Lipinski definition) is 1. The molecule has 84 valence electrons. The summed E-state index contributed by atoms with van der Waals surface area (Å²) in [6, 6.07) is 0. The molecule has 1 saturated carbocycles. The van der Waals surface area contributed by atoms with Crippen LogP contribution in [0.3, 0.4) is 0 Å². The van der Waals surface area contributed by atoms with Crippen LogP contribution in [0.15, 0.2) is 0 Å². The zero-order chi connectivity index (χ0) is 10.6. The van der Waals surface area contributed by atoms with Gasteiger partial charge in [0.1, 0.15) is 0 Å². The molecule has 1 rings (SSSR count). The molecule has 0 aromatic heterocycles. The molecule has 3 nitrogen and oxygen atoms in total. The first-order chi connectivity index (χ1) is 6.59. The van der Waals surface area contributed by atoms with Gasteiger partial charge in [-0.2, -0.15) is 0 Å². The van der Waals surface area contributed by atoms with Crippen LogP contribution in [0, 0.1) is 0 Å². The van der Waals surface area contributed by atoms with Gasteiger partial charge in [-0.3, -0.25) is 0 Å². The summed E-state index contributed by atoms with van der Waals surface area (Å²) >= 11 is 0. The minimum absolute atomic E-state index is 0.0591. The Hall–Kier alpha value is -0.0900. The van der Waals surface area contributed by atoms with E-state index in [-0.39, 0.29) is 10.5 Å². The first kappa shape index (κ1) is 12.0. The van der Waals surface area contributed by atoms with Crippen LogP contribution in [0.25, 0.3) is 0 Å². The smallest absolute Gasteiger partial charge is 0.156 e. The van der Waals surface area contributed by atoms with Crippen molar-refractivity contribution in [1.29, 1.82) is 0 Å². The third-order valence-electron chi connectivity index (χ3n) is 3.01. The third kappa shape index (κ3) is 2.70. The summed E-state index contributed by atoms with van der Waals surface area (Å²) in [5, 5.41) is 2.81. The number of rotatable bonds is 5. The Bertz CT molecular complexity index is 255.